The van der Waals surface area contributed by atoms with Gasteiger partial charge in [-0.2, -0.15) is 5.26 Å². The number of methoxy groups -OCH3 is 1. The van der Waals surface area contributed by atoms with Gasteiger partial charge in [-0.15, -0.1) is 0 Å². The van der Waals surface area contributed by atoms with Gasteiger partial charge in [0.25, 0.3) is 0 Å². The van der Waals surface area contributed by atoms with E-state index in [1.165, 1.54) is 0 Å². The Morgan fingerprint density at radius 1 is 1.24 bits per heavy atom. The fourth-order valence-electron chi connectivity index (χ4n) is 2.05. The first-order valence-corrected chi connectivity index (χ1v) is 7.07. The van der Waals surface area contributed by atoms with Crippen molar-refractivity contribution in [2.45, 2.75) is 19.5 Å². The number of rotatable bonds is 5. The Morgan fingerprint density at radius 3 is 2.52 bits per heavy atom. The maximum atomic E-state index is 8.80. The summed E-state index contributed by atoms with van der Waals surface area (Å²) < 4.78 is 5.14. The minimum atomic E-state index is 0.193. The minimum Gasteiger partial charge on any atom is -0.495 e. The highest BCUT2D eigenvalue weighted by molar-refractivity contribution is 6.32. The second kappa shape index (κ2) is 7.12. The predicted octanol–water partition coefficient (Wildman–Crippen LogP) is 4.07. The molecule has 0 aliphatic carbocycles. The molecule has 3 nitrogen and oxygen atoms in total. The van der Waals surface area contributed by atoms with E-state index in [9.17, 15) is 0 Å². The summed E-state index contributed by atoms with van der Waals surface area (Å²) in [6.45, 7) is 2.80. The van der Waals surface area contributed by atoms with Crippen molar-refractivity contribution < 1.29 is 4.74 Å². The lowest BCUT2D eigenvalue weighted by atomic mass is 10.1. The third-order valence-electron chi connectivity index (χ3n) is 3.37. The molecule has 1 unspecified atom stereocenters. The van der Waals surface area contributed by atoms with Gasteiger partial charge in [0.05, 0.1) is 23.8 Å². The van der Waals surface area contributed by atoms with Gasteiger partial charge in [0.2, 0.25) is 0 Å². The molecular formula is C17H17ClN2O. The molecule has 0 aromatic heterocycles. The van der Waals surface area contributed by atoms with Crippen LogP contribution >= 0.6 is 11.6 Å². The van der Waals surface area contributed by atoms with Crippen LogP contribution in [0.1, 0.15) is 29.7 Å². The lowest BCUT2D eigenvalue weighted by Gasteiger charge is -2.15. The van der Waals surface area contributed by atoms with Gasteiger partial charge in [0, 0.05) is 12.6 Å². The predicted molar refractivity (Wildman–Crippen MR) is 84.4 cm³/mol. The van der Waals surface area contributed by atoms with E-state index < -0.39 is 0 Å². The number of hydrogen-bond donors (Lipinski definition) is 1. The molecule has 21 heavy (non-hydrogen) atoms. The van der Waals surface area contributed by atoms with Gasteiger partial charge < -0.3 is 10.1 Å². The van der Waals surface area contributed by atoms with Gasteiger partial charge in [0.15, 0.2) is 0 Å². The highest BCUT2D eigenvalue weighted by Crippen LogP contribution is 2.25. The molecule has 2 rings (SSSR count). The molecule has 108 valence electrons. The molecule has 2 aromatic carbocycles. The molecule has 0 fully saturated rings. The van der Waals surface area contributed by atoms with E-state index in [1.54, 1.807) is 7.11 Å². The van der Waals surface area contributed by atoms with E-state index in [0.29, 0.717) is 22.9 Å². The van der Waals surface area contributed by atoms with E-state index >= 15 is 0 Å². The molecule has 1 N–H and O–H groups in total. The second-order valence-corrected chi connectivity index (χ2v) is 5.21. The van der Waals surface area contributed by atoms with Gasteiger partial charge in [-0.3, -0.25) is 0 Å². The van der Waals surface area contributed by atoms with Crippen LogP contribution in [0.15, 0.2) is 42.5 Å². The molecule has 0 bridgehead atoms. The zero-order valence-electron chi connectivity index (χ0n) is 12.1. The Balaban J connectivity index is 1.98. The summed E-state index contributed by atoms with van der Waals surface area (Å²) in [6, 6.07) is 15.7. The van der Waals surface area contributed by atoms with E-state index in [0.717, 1.165) is 11.1 Å². The summed E-state index contributed by atoms with van der Waals surface area (Å²) in [5.41, 5.74) is 2.92. The molecule has 0 radical (unpaired) electrons. The summed E-state index contributed by atoms with van der Waals surface area (Å²) in [7, 11) is 1.60. The maximum Gasteiger partial charge on any atom is 0.137 e. The van der Waals surface area contributed by atoms with Crippen molar-refractivity contribution in [2.24, 2.45) is 0 Å². The van der Waals surface area contributed by atoms with E-state index in [2.05, 4.69) is 18.3 Å². The molecule has 0 saturated heterocycles. The molecule has 0 aliphatic rings. The van der Waals surface area contributed by atoms with Crippen molar-refractivity contribution in [3.8, 4) is 11.8 Å². The molecule has 4 heteroatoms. The van der Waals surface area contributed by atoms with Gasteiger partial charge in [0.1, 0.15) is 5.75 Å². The number of nitriles is 1. The molecule has 2 aromatic rings. The van der Waals surface area contributed by atoms with Gasteiger partial charge in [-0.05, 0) is 42.3 Å². The summed E-state index contributed by atoms with van der Waals surface area (Å²) in [5.74, 6) is 0.681. The van der Waals surface area contributed by atoms with Crippen LogP contribution in [0.4, 0.5) is 0 Å². The molecule has 0 amide bonds. The number of nitrogens with zero attached hydrogens (tertiary/aromatic N) is 1. The number of ether oxygens (including phenoxy) is 1. The molecule has 0 saturated carbocycles. The second-order valence-electron chi connectivity index (χ2n) is 4.81. The quantitative estimate of drug-likeness (QED) is 0.905. The van der Waals surface area contributed by atoms with Gasteiger partial charge >= 0.3 is 0 Å². The summed E-state index contributed by atoms with van der Waals surface area (Å²) in [5, 5.41) is 12.8. The average Bonchev–Trinajstić information content (AvgIpc) is 2.52. The minimum absolute atomic E-state index is 0.193. The van der Waals surface area contributed by atoms with Crippen LogP contribution in [0.5, 0.6) is 5.75 Å². The Bertz CT molecular complexity index is 647. The normalized spacial score (nSPS) is 11.7. The first kappa shape index (κ1) is 15.4. The van der Waals surface area contributed by atoms with Crippen LogP contribution in [0.3, 0.4) is 0 Å². The number of halogens is 1. The van der Waals surface area contributed by atoms with Gasteiger partial charge in [-0.25, -0.2) is 0 Å². The third-order valence-corrected chi connectivity index (χ3v) is 3.66. The molecule has 0 aliphatic heterocycles. The lowest BCUT2D eigenvalue weighted by molar-refractivity contribution is 0.414. The summed E-state index contributed by atoms with van der Waals surface area (Å²) >= 11 is 6.11. The SMILES string of the molecule is COc1ccc(CNC(C)c2ccc(C#N)cc2)cc1Cl. The highest BCUT2D eigenvalue weighted by atomic mass is 35.5. The number of hydrogen-bond acceptors (Lipinski definition) is 3. The van der Waals surface area contributed by atoms with Crippen LogP contribution < -0.4 is 10.1 Å². The Labute approximate surface area is 130 Å². The van der Waals surface area contributed by atoms with Gasteiger partial charge in [-0.1, -0.05) is 29.8 Å². The van der Waals surface area contributed by atoms with Crippen LogP contribution in [0, 0.1) is 11.3 Å². The Morgan fingerprint density at radius 2 is 1.95 bits per heavy atom. The maximum absolute atomic E-state index is 8.80. The van der Waals surface area contributed by atoms with Crippen LogP contribution in [0.25, 0.3) is 0 Å². The first-order valence-electron chi connectivity index (χ1n) is 6.70. The van der Waals surface area contributed by atoms with Crippen LogP contribution in [0.2, 0.25) is 5.02 Å². The Hall–Kier alpha value is -2.02. The standard InChI is InChI=1S/C17H17ClN2O/c1-12(15-6-3-13(10-19)4-7-15)20-11-14-5-8-17(21-2)16(18)9-14/h3-9,12,20H,11H2,1-2H3. The fourth-order valence-corrected chi connectivity index (χ4v) is 2.34. The molecule has 0 spiro atoms. The first-order chi connectivity index (χ1) is 10.1. The van der Waals surface area contributed by atoms with E-state index in [4.69, 9.17) is 21.6 Å². The largest absolute Gasteiger partial charge is 0.495 e. The highest BCUT2D eigenvalue weighted by Gasteiger charge is 2.06. The average molecular weight is 301 g/mol. The van der Waals surface area contributed by atoms with Crippen molar-refractivity contribution in [3.05, 3.63) is 64.2 Å². The monoisotopic (exact) mass is 300 g/mol. The molecule has 0 heterocycles. The van der Waals surface area contributed by atoms with Crippen molar-refractivity contribution in [3.63, 3.8) is 0 Å². The smallest absolute Gasteiger partial charge is 0.137 e. The van der Waals surface area contributed by atoms with Crippen LogP contribution in [-0.2, 0) is 6.54 Å². The van der Waals surface area contributed by atoms with Crippen LogP contribution in [-0.4, -0.2) is 7.11 Å². The van der Waals surface area contributed by atoms with Crippen molar-refractivity contribution in [1.29, 1.82) is 5.26 Å². The number of benzene rings is 2. The van der Waals surface area contributed by atoms with Crippen molar-refractivity contribution >= 4 is 11.6 Å². The van der Waals surface area contributed by atoms with E-state index in [1.807, 2.05) is 42.5 Å². The summed E-state index contributed by atoms with van der Waals surface area (Å²) in [4.78, 5) is 0. The zero-order chi connectivity index (χ0) is 15.2. The lowest BCUT2D eigenvalue weighted by Crippen LogP contribution is -2.18. The van der Waals surface area contributed by atoms with Crippen molar-refractivity contribution in [2.75, 3.05) is 7.11 Å². The molecular weight excluding hydrogens is 284 g/mol. The fraction of sp³-hybridized carbons (Fsp3) is 0.235. The molecule has 1 atom stereocenters. The van der Waals surface area contributed by atoms with E-state index in [-0.39, 0.29) is 6.04 Å². The van der Waals surface area contributed by atoms with Crippen molar-refractivity contribution in [1.82, 2.24) is 5.32 Å². The topological polar surface area (TPSA) is 45.0 Å². The number of nitrogens with one attached hydrogen (secondary N) is 1. The Kier molecular flexibility index (Phi) is 5.21. The third kappa shape index (κ3) is 3.98. The summed E-state index contributed by atoms with van der Waals surface area (Å²) in [6.07, 6.45) is 0. The zero-order valence-corrected chi connectivity index (χ0v) is 12.8.